The van der Waals surface area contributed by atoms with E-state index >= 15 is 0 Å². The van der Waals surface area contributed by atoms with Gasteiger partial charge in [-0.25, -0.2) is 0 Å². The Hall–Kier alpha value is -2.86. The molecule has 0 saturated carbocycles. The Morgan fingerprint density at radius 1 is 1.12 bits per heavy atom. The summed E-state index contributed by atoms with van der Waals surface area (Å²) < 4.78 is 5.16. The van der Waals surface area contributed by atoms with Crippen molar-refractivity contribution in [1.82, 2.24) is 4.90 Å². The van der Waals surface area contributed by atoms with Crippen LogP contribution < -0.4 is 15.0 Å². The summed E-state index contributed by atoms with van der Waals surface area (Å²) >= 11 is 0. The zero-order chi connectivity index (χ0) is 19.1. The molecule has 0 heterocycles. The van der Waals surface area contributed by atoms with Crippen molar-refractivity contribution in [3.63, 3.8) is 0 Å². The van der Waals surface area contributed by atoms with Crippen molar-refractivity contribution in [1.29, 1.82) is 0 Å². The lowest BCUT2D eigenvalue weighted by Gasteiger charge is -2.26. The van der Waals surface area contributed by atoms with E-state index in [1.54, 1.807) is 38.2 Å². The predicted molar refractivity (Wildman–Crippen MR) is 101 cm³/mol. The molecule has 138 valence electrons. The van der Waals surface area contributed by atoms with Crippen LogP contribution in [0.4, 0.5) is 5.69 Å². The molecular weight excluding hydrogens is 330 g/mol. The second kappa shape index (κ2) is 9.01. The van der Waals surface area contributed by atoms with Crippen LogP contribution in [0.2, 0.25) is 0 Å². The third kappa shape index (κ3) is 5.07. The number of hydrogen-bond acceptors (Lipinski definition) is 3. The molecule has 0 aliphatic rings. The van der Waals surface area contributed by atoms with E-state index in [9.17, 15) is 9.59 Å². The lowest BCUT2D eigenvalue weighted by molar-refractivity contribution is -0.894. The Morgan fingerprint density at radius 2 is 1.81 bits per heavy atom. The van der Waals surface area contributed by atoms with Gasteiger partial charge in [0.05, 0.1) is 14.2 Å². The average Bonchev–Trinajstić information content (AvgIpc) is 2.62. The molecular formula is C20H26N3O3+. The fraction of sp³-hybridized carbons (Fsp3) is 0.300. The Balaban J connectivity index is 2.11. The monoisotopic (exact) mass is 356 g/mol. The van der Waals surface area contributed by atoms with Crippen molar-refractivity contribution in [2.45, 2.75) is 6.04 Å². The van der Waals surface area contributed by atoms with E-state index in [1.165, 1.54) is 0 Å². The summed E-state index contributed by atoms with van der Waals surface area (Å²) in [5.41, 5.74) is 1.55. The van der Waals surface area contributed by atoms with E-state index < -0.39 is 6.04 Å². The van der Waals surface area contributed by atoms with Crippen molar-refractivity contribution in [3.05, 3.63) is 60.2 Å². The first-order valence-corrected chi connectivity index (χ1v) is 8.44. The first-order valence-electron chi connectivity index (χ1n) is 8.44. The molecule has 2 aromatic carbocycles. The average molecular weight is 356 g/mol. The normalized spacial score (nSPS) is 12.8. The number of ether oxygens (including phenoxy) is 1. The molecule has 2 aromatic rings. The molecule has 0 spiro atoms. The number of amides is 2. The zero-order valence-corrected chi connectivity index (χ0v) is 15.7. The molecule has 2 rings (SSSR count). The van der Waals surface area contributed by atoms with E-state index in [2.05, 4.69) is 5.32 Å². The van der Waals surface area contributed by atoms with Gasteiger partial charge in [-0.3, -0.25) is 9.59 Å². The van der Waals surface area contributed by atoms with Crippen LogP contribution in [0.5, 0.6) is 5.75 Å². The summed E-state index contributed by atoms with van der Waals surface area (Å²) in [4.78, 5) is 27.5. The molecule has 0 aromatic heterocycles. The first kappa shape index (κ1) is 19.5. The molecule has 2 atom stereocenters. The van der Waals surface area contributed by atoms with E-state index in [-0.39, 0.29) is 18.4 Å². The van der Waals surface area contributed by atoms with Crippen molar-refractivity contribution in [3.8, 4) is 5.75 Å². The molecule has 0 saturated heterocycles. The highest BCUT2D eigenvalue weighted by Crippen LogP contribution is 2.16. The minimum absolute atomic E-state index is 0.0390. The second-order valence-electron chi connectivity index (χ2n) is 6.38. The maximum absolute atomic E-state index is 12.7. The highest BCUT2D eigenvalue weighted by atomic mass is 16.5. The Morgan fingerprint density at radius 3 is 2.42 bits per heavy atom. The van der Waals surface area contributed by atoms with Crippen molar-refractivity contribution in [2.75, 3.05) is 40.1 Å². The van der Waals surface area contributed by atoms with Gasteiger partial charge in [-0.15, -0.1) is 0 Å². The Kier molecular flexibility index (Phi) is 6.74. The van der Waals surface area contributed by atoms with Gasteiger partial charge in [-0.1, -0.05) is 36.4 Å². The van der Waals surface area contributed by atoms with E-state index in [4.69, 9.17) is 4.74 Å². The first-order chi connectivity index (χ1) is 12.4. The van der Waals surface area contributed by atoms with Crippen LogP contribution in [0.25, 0.3) is 0 Å². The van der Waals surface area contributed by atoms with Crippen LogP contribution in [0.15, 0.2) is 54.6 Å². The lowest BCUT2D eigenvalue weighted by Crippen LogP contribution is -3.11. The summed E-state index contributed by atoms with van der Waals surface area (Å²) in [6.07, 6.45) is 0. The SMILES string of the molecule is COc1cccc(NC(=O)C[NH+](C)[C@H](C(=O)N(C)C)c2ccccc2)c1. The molecule has 6 nitrogen and oxygen atoms in total. The summed E-state index contributed by atoms with van der Waals surface area (Å²) in [7, 11) is 6.88. The number of carbonyl (C=O) groups excluding carboxylic acids is 2. The van der Waals surface area contributed by atoms with Gasteiger partial charge in [0, 0.05) is 31.4 Å². The van der Waals surface area contributed by atoms with Crippen LogP contribution in [0, 0.1) is 0 Å². The standard InChI is InChI=1S/C20H25N3O3/c1-22(2)20(25)19(15-9-6-5-7-10-15)23(3)14-18(24)21-16-11-8-12-17(13-16)26-4/h5-13,19H,14H2,1-4H3,(H,21,24)/p+1/t19-/m0/s1. The van der Waals surface area contributed by atoms with E-state index in [0.29, 0.717) is 11.4 Å². The molecule has 0 aliphatic heterocycles. The quantitative estimate of drug-likeness (QED) is 0.777. The van der Waals surface area contributed by atoms with Gasteiger partial charge in [-0.05, 0) is 12.1 Å². The number of quaternary nitrogens is 1. The highest BCUT2D eigenvalue weighted by Gasteiger charge is 2.31. The largest absolute Gasteiger partial charge is 0.497 e. The van der Waals surface area contributed by atoms with E-state index in [0.717, 1.165) is 10.5 Å². The predicted octanol–water partition coefficient (Wildman–Crippen LogP) is 0.978. The van der Waals surface area contributed by atoms with Gasteiger partial charge in [0.1, 0.15) is 5.75 Å². The minimum Gasteiger partial charge on any atom is -0.497 e. The molecule has 26 heavy (non-hydrogen) atoms. The molecule has 2 amide bonds. The maximum atomic E-state index is 12.7. The van der Waals surface area contributed by atoms with Crippen molar-refractivity contribution >= 4 is 17.5 Å². The number of hydrogen-bond donors (Lipinski definition) is 2. The molecule has 0 aliphatic carbocycles. The summed E-state index contributed by atoms with van der Waals surface area (Å²) in [6, 6.07) is 16.3. The van der Waals surface area contributed by atoms with Crippen LogP contribution >= 0.6 is 0 Å². The lowest BCUT2D eigenvalue weighted by atomic mass is 10.0. The fourth-order valence-corrected chi connectivity index (χ4v) is 2.80. The van der Waals surface area contributed by atoms with Gasteiger partial charge >= 0.3 is 0 Å². The summed E-state index contributed by atoms with van der Waals surface area (Å²) in [5, 5.41) is 2.86. The van der Waals surface area contributed by atoms with Crippen LogP contribution in [-0.4, -0.2) is 51.5 Å². The number of methoxy groups -OCH3 is 1. The van der Waals surface area contributed by atoms with E-state index in [1.807, 2.05) is 49.5 Å². The summed E-state index contributed by atoms with van der Waals surface area (Å²) in [6.45, 7) is 0.163. The Bertz CT molecular complexity index is 747. The molecule has 0 radical (unpaired) electrons. The number of rotatable bonds is 7. The number of carbonyl (C=O) groups is 2. The summed E-state index contributed by atoms with van der Waals surface area (Å²) in [5.74, 6) is 0.472. The third-order valence-corrected chi connectivity index (χ3v) is 4.11. The van der Waals surface area contributed by atoms with Gasteiger partial charge < -0.3 is 19.9 Å². The van der Waals surface area contributed by atoms with Gasteiger partial charge in [0.15, 0.2) is 12.6 Å². The maximum Gasteiger partial charge on any atom is 0.285 e. The molecule has 0 fully saturated rings. The van der Waals surface area contributed by atoms with Crippen molar-refractivity contribution in [2.24, 2.45) is 0 Å². The number of anilines is 1. The third-order valence-electron chi connectivity index (χ3n) is 4.11. The zero-order valence-electron chi connectivity index (χ0n) is 15.7. The fourth-order valence-electron chi connectivity index (χ4n) is 2.80. The molecule has 6 heteroatoms. The second-order valence-corrected chi connectivity index (χ2v) is 6.38. The number of nitrogens with one attached hydrogen (secondary N) is 2. The molecule has 2 N–H and O–H groups in total. The highest BCUT2D eigenvalue weighted by molar-refractivity contribution is 5.92. The van der Waals surface area contributed by atoms with Crippen molar-refractivity contribution < 1.29 is 19.2 Å². The molecule has 0 bridgehead atoms. The Labute approximate surface area is 154 Å². The van der Waals surface area contributed by atoms with Gasteiger partial charge in [0.2, 0.25) is 0 Å². The van der Waals surface area contributed by atoms with Crippen LogP contribution in [-0.2, 0) is 9.59 Å². The number of nitrogens with zero attached hydrogens (tertiary/aromatic N) is 1. The van der Waals surface area contributed by atoms with Crippen LogP contribution in [0.3, 0.4) is 0 Å². The van der Waals surface area contributed by atoms with Crippen LogP contribution in [0.1, 0.15) is 11.6 Å². The topological polar surface area (TPSA) is 63.1 Å². The number of benzene rings is 2. The minimum atomic E-state index is -0.442. The molecule has 1 unspecified atom stereocenters. The smallest absolute Gasteiger partial charge is 0.285 e. The number of likely N-dealkylation sites (N-methyl/N-ethyl adjacent to an activating group) is 2. The van der Waals surface area contributed by atoms with Gasteiger partial charge in [0.25, 0.3) is 11.8 Å². The van der Waals surface area contributed by atoms with Gasteiger partial charge in [-0.2, -0.15) is 0 Å².